The van der Waals surface area contributed by atoms with Crippen LogP contribution in [0.1, 0.15) is 51.9 Å². The van der Waals surface area contributed by atoms with E-state index < -0.39 is 5.60 Å². The molecule has 3 aliphatic carbocycles. The Hall–Kier alpha value is -1.27. The van der Waals surface area contributed by atoms with Gasteiger partial charge in [0.2, 0.25) is 0 Å². The molecule has 5 fully saturated rings. The standard InChI is InChI=1S/C23H33NO5/c1-4-15(25)7-8-21-13-29-23-17-5-6-18(23)19(26)9-14(21)11-24(2)12-22(21,23)10-16(17)20(27)28-3/h14,16-18H,4-13H2,1-3H3. The van der Waals surface area contributed by atoms with E-state index in [1.54, 1.807) is 0 Å². The number of ketones is 2. The van der Waals surface area contributed by atoms with Crippen molar-refractivity contribution in [3.05, 3.63) is 0 Å². The highest BCUT2D eigenvalue weighted by atomic mass is 16.5. The summed E-state index contributed by atoms with van der Waals surface area (Å²) in [4.78, 5) is 40.9. The van der Waals surface area contributed by atoms with Crippen LogP contribution in [0.4, 0.5) is 0 Å². The van der Waals surface area contributed by atoms with Crippen molar-refractivity contribution in [3.8, 4) is 0 Å². The average molecular weight is 404 g/mol. The number of hydrogen-bond acceptors (Lipinski definition) is 6. The van der Waals surface area contributed by atoms with Gasteiger partial charge in [0.15, 0.2) is 0 Å². The van der Waals surface area contributed by atoms with Gasteiger partial charge in [0.05, 0.1) is 25.2 Å². The molecule has 7 unspecified atom stereocenters. The smallest absolute Gasteiger partial charge is 0.309 e. The molecule has 2 saturated heterocycles. The van der Waals surface area contributed by atoms with Crippen molar-refractivity contribution >= 4 is 17.5 Å². The molecule has 7 atom stereocenters. The summed E-state index contributed by atoms with van der Waals surface area (Å²) in [7, 11) is 3.60. The molecule has 3 saturated carbocycles. The normalized spacial score (nSPS) is 47.8. The van der Waals surface area contributed by atoms with Crippen molar-refractivity contribution < 1.29 is 23.9 Å². The van der Waals surface area contributed by atoms with Crippen molar-refractivity contribution in [1.82, 2.24) is 4.90 Å². The maximum absolute atomic E-state index is 13.4. The molecule has 5 rings (SSSR count). The first-order chi connectivity index (χ1) is 13.8. The Morgan fingerprint density at radius 3 is 2.83 bits per heavy atom. The lowest BCUT2D eigenvalue weighted by Gasteiger charge is -2.57. The highest BCUT2D eigenvalue weighted by molar-refractivity contribution is 5.86. The largest absolute Gasteiger partial charge is 0.469 e. The highest BCUT2D eigenvalue weighted by Crippen LogP contribution is 2.78. The predicted octanol–water partition coefficient (Wildman–Crippen LogP) is 2.24. The number of methoxy groups -OCH3 is 1. The lowest BCUT2D eigenvalue weighted by molar-refractivity contribution is -0.152. The topological polar surface area (TPSA) is 72.9 Å². The number of nitrogens with zero attached hydrogens (tertiary/aromatic N) is 1. The molecular weight excluding hydrogens is 370 g/mol. The van der Waals surface area contributed by atoms with Gasteiger partial charge < -0.3 is 14.4 Å². The molecule has 5 aliphatic rings. The Labute approximate surface area is 172 Å². The van der Waals surface area contributed by atoms with Crippen molar-refractivity contribution in [2.75, 3.05) is 33.9 Å². The zero-order valence-corrected chi connectivity index (χ0v) is 17.9. The molecule has 0 aromatic heterocycles. The van der Waals surface area contributed by atoms with E-state index in [1.165, 1.54) is 7.11 Å². The molecule has 6 heteroatoms. The van der Waals surface area contributed by atoms with E-state index in [4.69, 9.17) is 9.47 Å². The van der Waals surface area contributed by atoms with Crippen LogP contribution in [0.25, 0.3) is 0 Å². The third-order valence-electron chi connectivity index (χ3n) is 9.60. The van der Waals surface area contributed by atoms with Crippen LogP contribution in [0.15, 0.2) is 0 Å². The van der Waals surface area contributed by atoms with Crippen LogP contribution >= 0.6 is 0 Å². The lowest BCUT2D eigenvalue weighted by atomic mass is 9.50. The Bertz CT molecular complexity index is 766. The molecule has 0 radical (unpaired) electrons. The van der Waals surface area contributed by atoms with Gasteiger partial charge in [0, 0.05) is 55.0 Å². The first kappa shape index (κ1) is 19.7. The Morgan fingerprint density at radius 1 is 1.31 bits per heavy atom. The summed E-state index contributed by atoms with van der Waals surface area (Å²) in [6.45, 7) is 4.27. The van der Waals surface area contributed by atoms with E-state index in [0.29, 0.717) is 31.7 Å². The van der Waals surface area contributed by atoms with Gasteiger partial charge in [-0.1, -0.05) is 6.92 Å². The van der Waals surface area contributed by atoms with Crippen LogP contribution in [0.3, 0.4) is 0 Å². The minimum absolute atomic E-state index is 0.0536. The minimum atomic E-state index is -0.554. The molecule has 160 valence electrons. The van der Waals surface area contributed by atoms with Gasteiger partial charge in [-0.25, -0.2) is 0 Å². The SMILES string of the molecule is CCC(=O)CCC12COC34C5CCC3C(C(=O)OC)CC14CN(C)CC2CC5=O. The van der Waals surface area contributed by atoms with Crippen molar-refractivity contribution in [2.24, 2.45) is 34.5 Å². The number of esters is 1. The number of carbonyl (C=O) groups is 3. The van der Waals surface area contributed by atoms with Crippen LogP contribution < -0.4 is 0 Å². The predicted molar refractivity (Wildman–Crippen MR) is 105 cm³/mol. The summed E-state index contributed by atoms with van der Waals surface area (Å²) in [5, 5.41) is 0. The fraction of sp³-hybridized carbons (Fsp3) is 0.870. The second kappa shape index (κ2) is 6.36. The summed E-state index contributed by atoms with van der Waals surface area (Å²) < 4.78 is 12.0. The van der Waals surface area contributed by atoms with Gasteiger partial charge in [-0.3, -0.25) is 14.4 Å². The van der Waals surface area contributed by atoms with Gasteiger partial charge in [0.25, 0.3) is 0 Å². The molecule has 2 heterocycles. The molecule has 6 nitrogen and oxygen atoms in total. The maximum Gasteiger partial charge on any atom is 0.309 e. The highest BCUT2D eigenvalue weighted by Gasteiger charge is 2.84. The van der Waals surface area contributed by atoms with E-state index in [-0.39, 0.29) is 46.3 Å². The molecule has 0 amide bonds. The molecule has 2 aliphatic heterocycles. The Balaban J connectivity index is 1.68. The number of likely N-dealkylation sites (tertiary alicyclic amines) is 1. The molecule has 4 bridgehead atoms. The third-order valence-corrected chi connectivity index (χ3v) is 9.60. The Kier molecular flexibility index (Phi) is 4.32. The fourth-order valence-corrected chi connectivity index (χ4v) is 8.65. The van der Waals surface area contributed by atoms with E-state index in [1.807, 2.05) is 6.92 Å². The number of hydrogen-bond donors (Lipinski definition) is 0. The first-order valence-electron chi connectivity index (χ1n) is 11.3. The quantitative estimate of drug-likeness (QED) is 0.656. The van der Waals surface area contributed by atoms with Crippen LogP contribution in [0, 0.1) is 34.5 Å². The number of ether oxygens (including phenoxy) is 2. The van der Waals surface area contributed by atoms with Crippen LogP contribution in [-0.4, -0.2) is 61.9 Å². The van der Waals surface area contributed by atoms with Crippen LogP contribution in [0.2, 0.25) is 0 Å². The summed E-state index contributed by atoms with van der Waals surface area (Å²) in [6, 6.07) is 0. The van der Waals surface area contributed by atoms with Crippen molar-refractivity contribution in [3.63, 3.8) is 0 Å². The number of carbonyl (C=O) groups excluding carboxylic acids is 3. The summed E-state index contributed by atoms with van der Waals surface area (Å²) in [5.41, 5.74) is -0.996. The van der Waals surface area contributed by atoms with Gasteiger partial charge in [-0.15, -0.1) is 0 Å². The molecule has 0 aromatic rings. The first-order valence-corrected chi connectivity index (χ1v) is 11.3. The average Bonchev–Trinajstić information content (AvgIpc) is 3.28. The fourth-order valence-electron chi connectivity index (χ4n) is 8.65. The molecule has 29 heavy (non-hydrogen) atoms. The molecular formula is C23H33NO5. The third kappa shape index (κ3) is 2.17. The number of rotatable bonds is 5. The van der Waals surface area contributed by atoms with Gasteiger partial charge in [0.1, 0.15) is 11.6 Å². The zero-order chi connectivity index (χ0) is 20.6. The zero-order valence-electron chi connectivity index (χ0n) is 17.9. The van der Waals surface area contributed by atoms with Crippen LogP contribution in [-0.2, 0) is 23.9 Å². The van der Waals surface area contributed by atoms with E-state index >= 15 is 0 Å². The Morgan fingerprint density at radius 2 is 2.10 bits per heavy atom. The van der Waals surface area contributed by atoms with E-state index in [2.05, 4.69) is 11.9 Å². The van der Waals surface area contributed by atoms with Crippen LogP contribution in [0.5, 0.6) is 0 Å². The lowest BCUT2D eigenvalue weighted by Crippen LogP contribution is -2.63. The monoisotopic (exact) mass is 403 g/mol. The van der Waals surface area contributed by atoms with E-state index in [0.717, 1.165) is 38.8 Å². The number of piperidine rings is 1. The second-order valence-corrected chi connectivity index (χ2v) is 10.3. The van der Waals surface area contributed by atoms with Crippen molar-refractivity contribution in [2.45, 2.75) is 57.5 Å². The molecule has 2 spiro atoms. The van der Waals surface area contributed by atoms with Crippen molar-refractivity contribution in [1.29, 1.82) is 0 Å². The minimum Gasteiger partial charge on any atom is -0.469 e. The van der Waals surface area contributed by atoms with Gasteiger partial charge in [-0.2, -0.15) is 0 Å². The second-order valence-electron chi connectivity index (χ2n) is 10.3. The number of Topliss-reactive ketones (excluding diaryl/α,β-unsaturated/α-hetero) is 2. The van der Waals surface area contributed by atoms with Gasteiger partial charge >= 0.3 is 5.97 Å². The summed E-state index contributed by atoms with van der Waals surface area (Å²) in [5.74, 6) is 0.385. The molecule has 0 aromatic carbocycles. The van der Waals surface area contributed by atoms with E-state index in [9.17, 15) is 14.4 Å². The molecule has 0 N–H and O–H groups in total. The summed E-state index contributed by atoms with van der Waals surface area (Å²) >= 11 is 0. The summed E-state index contributed by atoms with van der Waals surface area (Å²) in [6.07, 6.45) is 4.88. The van der Waals surface area contributed by atoms with Gasteiger partial charge in [-0.05, 0) is 38.6 Å². The maximum atomic E-state index is 13.4.